The van der Waals surface area contributed by atoms with E-state index in [-0.39, 0.29) is 38.2 Å². The van der Waals surface area contributed by atoms with E-state index in [0.29, 0.717) is 5.56 Å². The van der Waals surface area contributed by atoms with Crippen LogP contribution in [0.25, 0.3) is 0 Å². The second-order valence-electron chi connectivity index (χ2n) is 6.48. The van der Waals surface area contributed by atoms with E-state index in [2.05, 4.69) is 11.4 Å². The van der Waals surface area contributed by atoms with E-state index in [9.17, 15) is 31.2 Å². The number of halogens is 3. The number of hydrogen-bond donors (Lipinski definition) is 0. The van der Waals surface area contributed by atoms with Crippen LogP contribution in [0.5, 0.6) is 0 Å². The number of hydrogen-bond acceptors (Lipinski definition) is 6. The van der Waals surface area contributed by atoms with Crippen LogP contribution in [0.2, 0.25) is 0 Å². The third-order valence-corrected chi connectivity index (χ3v) is 6.01. The van der Waals surface area contributed by atoms with Crippen molar-refractivity contribution in [2.75, 3.05) is 19.6 Å². The minimum atomic E-state index is -5.11. The quantitative estimate of drug-likeness (QED) is 0.613. The Kier molecular flexibility index (Phi) is 7.42. The van der Waals surface area contributed by atoms with Crippen molar-refractivity contribution < 1.29 is 36.0 Å². The second-order valence-corrected chi connectivity index (χ2v) is 8.37. The molecule has 0 atom stereocenters. The van der Waals surface area contributed by atoms with E-state index in [0.717, 1.165) is 9.37 Å². The van der Waals surface area contributed by atoms with E-state index >= 15 is 0 Å². The van der Waals surface area contributed by atoms with Gasteiger partial charge in [0.25, 0.3) is 0 Å². The summed E-state index contributed by atoms with van der Waals surface area (Å²) in [5.74, 6) is -4.07. The van der Waals surface area contributed by atoms with E-state index < -0.39 is 34.0 Å². The Morgan fingerprint density at radius 3 is 2.31 bits per heavy atom. The van der Waals surface area contributed by atoms with Crippen molar-refractivity contribution in [1.82, 2.24) is 9.37 Å². The van der Waals surface area contributed by atoms with Gasteiger partial charge in [-0.2, -0.15) is 13.2 Å². The van der Waals surface area contributed by atoms with Gasteiger partial charge in [0.1, 0.15) is 0 Å². The first kappa shape index (κ1) is 22.9. The van der Waals surface area contributed by atoms with Crippen LogP contribution in [0, 0.1) is 5.92 Å². The van der Waals surface area contributed by atoms with Crippen molar-refractivity contribution in [3.05, 3.63) is 48.6 Å². The Bertz CT molecular complexity index is 835. The van der Waals surface area contributed by atoms with Gasteiger partial charge in [-0.25, -0.2) is 17.5 Å². The summed E-state index contributed by atoms with van der Waals surface area (Å²) in [7, 11) is -3.97. The largest absolute Gasteiger partial charge is 0.492 e. The topological polar surface area (TPSA) is 84.0 Å². The van der Waals surface area contributed by atoms with Crippen molar-refractivity contribution in [3.8, 4) is 0 Å². The number of carbonyl (C=O) groups is 2. The standard InChI is InChI=1S/C18H21F3N2O5S/c1-2-10-23(29(26,27)13-14-6-4-3-5-7-14)16(24)15-8-11-22(12-9-15)28-17(25)18(19,20)21/h2-7,15H,1,8-13H2. The molecule has 160 valence electrons. The van der Waals surface area contributed by atoms with Gasteiger partial charge < -0.3 is 4.84 Å². The molecule has 1 aromatic rings. The first-order valence-corrected chi connectivity index (χ1v) is 10.4. The number of nitrogens with zero attached hydrogens (tertiary/aromatic N) is 2. The molecule has 0 spiro atoms. The average molecular weight is 434 g/mol. The fraction of sp³-hybridized carbons (Fsp3) is 0.444. The molecule has 0 bridgehead atoms. The highest BCUT2D eigenvalue weighted by atomic mass is 32.2. The van der Waals surface area contributed by atoms with Crippen LogP contribution >= 0.6 is 0 Å². The number of piperidine rings is 1. The number of amides is 1. The van der Waals surface area contributed by atoms with Gasteiger partial charge in [-0.3, -0.25) is 4.79 Å². The lowest BCUT2D eigenvalue weighted by Gasteiger charge is -2.32. The molecule has 1 amide bonds. The van der Waals surface area contributed by atoms with Crippen molar-refractivity contribution >= 4 is 21.9 Å². The van der Waals surface area contributed by atoms with Gasteiger partial charge >= 0.3 is 12.1 Å². The molecule has 29 heavy (non-hydrogen) atoms. The lowest BCUT2D eigenvalue weighted by Crippen LogP contribution is -2.46. The third kappa shape index (κ3) is 6.29. The molecule has 1 saturated heterocycles. The van der Waals surface area contributed by atoms with Crippen molar-refractivity contribution in [1.29, 1.82) is 0 Å². The zero-order valence-corrected chi connectivity index (χ0v) is 16.3. The molecular formula is C18H21F3N2O5S. The lowest BCUT2D eigenvalue weighted by atomic mass is 9.97. The smallest absolute Gasteiger partial charge is 0.361 e. The zero-order valence-electron chi connectivity index (χ0n) is 15.5. The third-order valence-electron chi connectivity index (χ3n) is 4.32. The highest BCUT2D eigenvalue weighted by Gasteiger charge is 2.43. The van der Waals surface area contributed by atoms with Gasteiger partial charge in [-0.05, 0) is 18.4 Å². The predicted octanol–water partition coefficient (Wildman–Crippen LogP) is 2.26. The Morgan fingerprint density at radius 2 is 1.79 bits per heavy atom. The SMILES string of the molecule is C=CCN(C(=O)C1CCN(OC(=O)C(F)(F)F)CC1)S(=O)(=O)Cc1ccccc1. The molecule has 1 fully saturated rings. The summed E-state index contributed by atoms with van der Waals surface area (Å²) in [6.07, 6.45) is -3.71. The Labute approximate surface area is 166 Å². The summed E-state index contributed by atoms with van der Waals surface area (Å²) in [4.78, 5) is 27.9. The van der Waals surface area contributed by atoms with Crippen LogP contribution in [0.4, 0.5) is 13.2 Å². The Hall–Kier alpha value is -2.40. The molecule has 1 heterocycles. The van der Waals surface area contributed by atoms with Gasteiger partial charge in [0.05, 0.1) is 12.3 Å². The molecule has 11 heteroatoms. The summed E-state index contributed by atoms with van der Waals surface area (Å²) < 4.78 is 63.1. The van der Waals surface area contributed by atoms with Crippen LogP contribution < -0.4 is 0 Å². The Balaban J connectivity index is 2.03. The molecule has 0 unspecified atom stereocenters. The summed E-state index contributed by atoms with van der Waals surface area (Å²) in [5.41, 5.74) is 0.517. The highest BCUT2D eigenvalue weighted by Crippen LogP contribution is 2.24. The molecule has 7 nitrogen and oxygen atoms in total. The number of rotatable bonds is 7. The van der Waals surface area contributed by atoms with Crippen molar-refractivity contribution in [2.45, 2.75) is 24.8 Å². The maximum atomic E-state index is 12.8. The normalized spacial score (nSPS) is 16.2. The van der Waals surface area contributed by atoms with E-state index in [1.54, 1.807) is 30.3 Å². The minimum absolute atomic E-state index is 0.0540. The molecule has 0 aliphatic carbocycles. The molecule has 0 aromatic heterocycles. The molecular weight excluding hydrogens is 413 g/mol. The van der Waals surface area contributed by atoms with E-state index in [1.165, 1.54) is 6.08 Å². The summed E-state index contributed by atoms with van der Waals surface area (Å²) in [6.45, 7) is 3.05. The fourth-order valence-electron chi connectivity index (χ4n) is 2.89. The maximum Gasteiger partial charge on any atom is 0.492 e. The number of benzene rings is 1. The molecule has 0 N–H and O–H groups in total. The lowest BCUT2D eigenvalue weighted by molar-refractivity contribution is -0.242. The molecule has 1 aliphatic rings. The number of sulfonamides is 1. The van der Waals surface area contributed by atoms with Gasteiger partial charge in [-0.1, -0.05) is 36.4 Å². The molecule has 1 aromatic carbocycles. The molecule has 0 saturated carbocycles. The molecule has 2 rings (SSSR count). The molecule has 1 aliphatic heterocycles. The maximum absolute atomic E-state index is 12.8. The van der Waals surface area contributed by atoms with Crippen LogP contribution in [0.1, 0.15) is 18.4 Å². The van der Waals surface area contributed by atoms with Crippen LogP contribution in [-0.4, -0.2) is 55.5 Å². The predicted molar refractivity (Wildman–Crippen MR) is 97.4 cm³/mol. The van der Waals surface area contributed by atoms with Gasteiger partial charge in [0.2, 0.25) is 15.9 Å². The van der Waals surface area contributed by atoms with Gasteiger partial charge in [0.15, 0.2) is 0 Å². The first-order valence-electron chi connectivity index (χ1n) is 8.77. The molecule has 0 radical (unpaired) electrons. The van der Waals surface area contributed by atoms with Crippen LogP contribution in [0.15, 0.2) is 43.0 Å². The highest BCUT2D eigenvalue weighted by molar-refractivity contribution is 7.88. The van der Waals surface area contributed by atoms with Crippen LogP contribution in [0.3, 0.4) is 0 Å². The summed E-state index contributed by atoms with van der Waals surface area (Å²) >= 11 is 0. The van der Waals surface area contributed by atoms with Gasteiger partial charge in [-0.15, -0.1) is 11.6 Å². The number of alkyl halides is 3. The first-order chi connectivity index (χ1) is 13.5. The van der Waals surface area contributed by atoms with Crippen LogP contribution in [-0.2, 0) is 30.2 Å². The van der Waals surface area contributed by atoms with Gasteiger partial charge in [0, 0.05) is 19.0 Å². The summed E-state index contributed by atoms with van der Waals surface area (Å²) in [5, 5.41) is 0.829. The minimum Gasteiger partial charge on any atom is -0.361 e. The second kappa shape index (κ2) is 9.40. The zero-order chi connectivity index (χ0) is 21.7. The summed E-state index contributed by atoms with van der Waals surface area (Å²) in [6, 6.07) is 8.36. The number of hydroxylamine groups is 2. The number of carbonyl (C=O) groups excluding carboxylic acids is 2. The average Bonchev–Trinajstić information content (AvgIpc) is 2.65. The van der Waals surface area contributed by atoms with E-state index in [1.807, 2.05) is 0 Å². The van der Waals surface area contributed by atoms with Crippen molar-refractivity contribution in [2.24, 2.45) is 5.92 Å². The van der Waals surface area contributed by atoms with E-state index in [4.69, 9.17) is 0 Å². The van der Waals surface area contributed by atoms with Crippen molar-refractivity contribution in [3.63, 3.8) is 0 Å². The Morgan fingerprint density at radius 1 is 1.21 bits per heavy atom. The fourth-order valence-corrected chi connectivity index (χ4v) is 4.41. The monoisotopic (exact) mass is 434 g/mol.